The maximum absolute atomic E-state index is 10.9. The van der Waals surface area contributed by atoms with Crippen molar-refractivity contribution in [3.8, 4) is 0 Å². The highest BCUT2D eigenvalue weighted by molar-refractivity contribution is 7.88. The van der Waals surface area contributed by atoms with E-state index in [0.29, 0.717) is 0 Å². The minimum Gasteiger partial charge on any atom is -0.393 e. The molecular formula is C8H17NO3S. The summed E-state index contributed by atoms with van der Waals surface area (Å²) in [5, 5.41) is 9.12. The number of nitrogens with zero attached hydrogens (tertiary/aromatic N) is 1. The summed E-state index contributed by atoms with van der Waals surface area (Å²) >= 11 is 0. The average Bonchev–Trinajstić information content (AvgIpc) is 1.97. The zero-order valence-corrected chi connectivity index (χ0v) is 9.25. The molecule has 1 N–H and O–H groups in total. The van der Waals surface area contributed by atoms with Gasteiger partial charge in [-0.1, -0.05) is 13.0 Å². The molecule has 2 atom stereocenters. The lowest BCUT2D eigenvalue weighted by molar-refractivity contribution is 0.157. The van der Waals surface area contributed by atoms with Gasteiger partial charge in [-0.2, -0.15) is 0 Å². The van der Waals surface area contributed by atoms with Crippen molar-refractivity contribution in [2.24, 2.45) is 5.92 Å². The Balaban J connectivity index is 4.29. The molecule has 5 heteroatoms. The standard InChI is InChI=1S/C8H17NO3S/c1-7(8(2)10)5-6-9(3)13(4,11)12/h5-8,10H,1-4H3/b6-5-/t7-,8+/m1/s1. The van der Waals surface area contributed by atoms with Gasteiger partial charge in [0, 0.05) is 19.2 Å². The monoisotopic (exact) mass is 207 g/mol. The molecule has 0 heterocycles. The van der Waals surface area contributed by atoms with Crippen molar-refractivity contribution in [1.29, 1.82) is 0 Å². The molecule has 0 rings (SSSR count). The number of sulfonamides is 1. The Morgan fingerprint density at radius 2 is 1.85 bits per heavy atom. The van der Waals surface area contributed by atoms with Gasteiger partial charge >= 0.3 is 0 Å². The summed E-state index contributed by atoms with van der Waals surface area (Å²) in [7, 11) is -1.70. The second kappa shape index (κ2) is 4.62. The number of hydrogen-bond donors (Lipinski definition) is 1. The van der Waals surface area contributed by atoms with Gasteiger partial charge in [0.05, 0.1) is 12.4 Å². The zero-order chi connectivity index (χ0) is 10.6. The molecule has 0 aliphatic rings. The topological polar surface area (TPSA) is 57.6 Å². The SMILES string of the molecule is C[C@H](O)[C@H](C)/C=C\N(C)S(C)(=O)=O. The van der Waals surface area contributed by atoms with E-state index in [2.05, 4.69) is 0 Å². The predicted octanol–water partition coefficient (Wildman–Crippen LogP) is 0.408. The summed E-state index contributed by atoms with van der Waals surface area (Å²) in [4.78, 5) is 0. The van der Waals surface area contributed by atoms with Crippen LogP contribution in [0.2, 0.25) is 0 Å². The maximum Gasteiger partial charge on any atom is 0.231 e. The smallest absolute Gasteiger partial charge is 0.231 e. The van der Waals surface area contributed by atoms with Crippen LogP contribution in [0.25, 0.3) is 0 Å². The fourth-order valence-electron chi connectivity index (χ4n) is 0.528. The molecule has 78 valence electrons. The van der Waals surface area contributed by atoms with E-state index in [9.17, 15) is 8.42 Å². The van der Waals surface area contributed by atoms with Gasteiger partial charge in [0.1, 0.15) is 0 Å². The molecule has 4 nitrogen and oxygen atoms in total. The molecule has 0 radical (unpaired) electrons. The Morgan fingerprint density at radius 1 is 1.38 bits per heavy atom. The van der Waals surface area contributed by atoms with Crippen LogP contribution in [0, 0.1) is 5.92 Å². The van der Waals surface area contributed by atoms with Crippen LogP contribution in [0.5, 0.6) is 0 Å². The predicted molar refractivity (Wildman–Crippen MR) is 52.6 cm³/mol. The van der Waals surface area contributed by atoms with E-state index in [1.807, 2.05) is 6.92 Å². The number of hydrogen-bond acceptors (Lipinski definition) is 3. The fraction of sp³-hybridized carbons (Fsp3) is 0.750. The van der Waals surface area contributed by atoms with Gasteiger partial charge in [-0.15, -0.1) is 0 Å². The molecule has 0 aliphatic heterocycles. The van der Waals surface area contributed by atoms with Crippen molar-refractivity contribution < 1.29 is 13.5 Å². The summed E-state index contributed by atoms with van der Waals surface area (Å²) < 4.78 is 23.0. The largest absolute Gasteiger partial charge is 0.393 e. The van der Waals surface area contributed by atoms with E-state index < -0.39 is 16.1 Å². The summed E-state index contributed by atoms with van der Waals surface area (Å²) in [6.45, 7) is 3.48. The van der Waals surface area contributed by atoms with Crippen LogP contribution in [0.3, 0.4) is 0 Å². The molecule has 13 heavy (non-hydrogen) atoms. The van der Waals surface area contributed by atoms with E-state index in [1.54, 1.807) is 13.0 Å². The van der Waals surface area contributed by atoms with E-state index >= 15 is 0 Å². The average molecular weight is 207 g/mol. The molecule has 0 spiro atoms. The Kier molecular flexibility index (Phi) is 4.43. The summed E-state index contributed by atoms with van der Waals surface area (Å²) in [5.74, 6) is -0.0517. The molecule has 0 aromatic heterocycles. The summed E-state index contributed by atoms with van der Waals surface area (Å²) in [6.07, 6.45) is 3.77. The first-order valence-corrected chi connectivity index (χ1v) is 5.89. The zero-order valence-electron chi connectivity index (χ0n) is 8.43. The first-order valence-electron chi connectivity index (χ1n) is 4.04. The molecule has 0 unspecified atom stereocenters. The van der Waals surface area contributed by atoms with Crippen molar-refractivity contribution in [2.75, 3.05) is 13.3 Å². The van der Waals surface area contributed by atoms with Crippen LogP contribution < -0.4 is 0 Å². The Bertz CT molecular complexity index is 269. The third-order valence-corrected chi connectivity index (χ3v) is 3.05. The van der Waals surface area contributed by atoms with Crippen LogP contribution in [0.4, 0.5) is 0 Å². The molecule has 0 aromatic rings. The normalized spacial score (nSPS) is 17.3. The third-order valence-electron chi connectivity index (χ3n) is 1.88. The van der Waals surface area contributed by atoms with E-state index in [1.165, 1.54) is 13.2 Å². The van der Waals surface area contributed by atoms with Gasteiger partial charge in [0.25, 0.3) is 0 Å². The molecule has 0 saturated carbocycles. The molecule has 0 fully saturated rings. The van der Waals surface area contributed by atoms with Gasteiger partial charge in [-0.25, -0.2) is 8.42 Å². The quantitative estimate of drug-likeness (QED) is 0.726. The first-order chi connectivity index (χ1) is 5.75. The molecular weight excluding hydrogens is 190 g/mol. The van der Waals surface area contributed by atoms with Crippen molar-refractivity contribution in [2.45, 2.75) is 20.0 Å². The van der Waals surface area contributed by atoms with Crippen molar-refractivity contribution in [3.05, 3.63) is 12.3 Å². The van der Waals surface area contributed by atoms with E-state index in [4.69, 9.17) is 5.11 Å². The van der Waals surface area contributed by atoms with Gasteiger partial charge in [-0.05, 0) is 6.92 Å². The lowest BCUT2D eigenvalue weighted by Gasteiger charge is -2.13. The summed E-state index contributed by atoms with van der Waals surface area (Å²) in [5.41, 5.74) is 0. The van der Waals surface area contributed by atoms with Crippen molar-refractivity contribution in [3.63, 3.8) is 0 Å². The van der Waals surface area contributed by atoms with Crippen molar-refractivity contribution >= 4 is 10.0 Å². The van der Waals surface area contributed by atoms with Gasteiger partial charge in [0.2, 0.25) is 10.0 Å². The minimum absolute atomic E-state index is 0.0517. The van der Waals surface area contributed by atoms with Gasteiger partial charge < -0.3 is 5.11 Å². The molecule has 0 saturated heterocycles. The highest BCUT2D eigenvalue weighted by Gasteiger charge is 2.07. The van der Waals surface area contributed by atoms with E-state index in [0.717, 1.165) is 10.6 Å². The van der Waals surface area contributed by atoms with Crippen LogP contribution in [0.1, 0.15) is 13.8 Å². The first kappa shape index (κ1) is 12.4. The molecule has 0 aromatic carbocycles. The van der Waals surface area contributed by atoms with Crippen LogP contribution in [-0.2, 0) is 10.0 Å². The highest BCUT2D eigenvalue weighted by Crippen LogP contribution is 2.05. The lowest BCUT2D eigenvalue weighted by Crippen LogP contribution is -2.20. The van der Waals surface area contributed by atoms with Crippen molar-refractivity contribution in [1.82, 2.24) is 4.31 Å². The second-order valence-electron chi connectivity index (χ2n) is 3.22. The highest BCUT2D eigenvalue weighted by atomic mass is 32.2. The number of aliphatic hydroxyl groups is 1. The van der Waals surface area contributed by atoms with Gasteiger partial charge in [0.15, 0.2) is 0 Å². The third kappa shape index (κ3) is 4.90. The van der Waals surface area contributed by atoms with Crippen LogP contribution in [0.15, 0.2) is 12.3 Å². The van der Waals surface area contributed by atoms with E-state index in [-0.39, 0.29) is 5.92 Å². The molecule has 0 bridgehead atoms. The number of aliphatic hydroxyl groups excluding tert-OH is 1. The van der Waals surface area contributed by atoms with Gasteiger partial charge in [-0.3, -0.25) is 4.31 Å². The molecule has 0 amide bonds. The Morgan fingerprint density at radius 3 is 2.15 bits per heavy atom. The lowest BCUT2D eigenvalue weighted by atomic mass is 10.1. The Hall–Kier alpha value is -0.550. The van der Waals surface area contributed by atoms with Crippen LogP contribution in [-0.4, -0.2) is 37.2 Å². The maximum atomic E-state index is 10.9. The second-order valence-corrected chi connectivity index (χ2v) is 5.26. The summed E-state index contributed by atoms with van der Waals surface area (Å²) in [6, 6.07) is 0. The number of rotatable bonds is 4. The Labute approximate surface area is 79.9 Å². The fourth-order valence-corrected chi connectivity index (χ4v) is 0.820. The minimum atomic E-state index is -3.16. The van der Waals surface area contributed by atoms with Crippen LogP contribution >= 0.6 is 0 Å². The molecule has 0 aliphatic carbocycles.